The van der Waals surface area contributed by atoms with E-state index in [1.54, 1.807) is 0 Å². The Balaban J connectivity index is 2.35. The molecule has 3 aliphatic rings. The highest BCUT2D eigenvalue weighted by Crippen LogP contribution is 3.02. The standard InChI is InChI=1S/C23H42/c1-14-15(2)17(4,5)21(11)20(10,16(14)3)22(12)18(6,7)19(8,9)23(21,22)13/h14-16H,1-13H3. The second-order valence-electron chi connectivity index (χ2n) is 12.0. The number of hydrogen-bond acceptors (Lipinski definition) is 0. The molecule has 3 rings (SSSR count). The predicted molar refractivity (Wildman–Crippen MR) is 101 cm³/mol. The zero-order valence-corrected chi connectivity index (χ0v) is 18.2. The molecule has 0 amide bonds. The summed E-state index contributed by atoms with van der Waals surface area (Å²) >= 11 is 0. The molecule has 3 aliphatic carbocycles. The van der Waals surface area contributed by atoms with Crippen LogP contribution in [-0.2, 0) is 0 Å². The van der Waals surface area contributed by atoms with Crippen molar-refractivity contribution >= 4 is 0 Å². The molecule has 7 atom stereocenters. The molecular formula is C23H42. The van der Waals surface area contributed by atoms with Gasteiger partial charge in [0.1, 0.15) is 0 Å². The maximum absolute atomic E-state index is 2.67. The highest BCUT2D eigenvalue weighted by atomic mass is 15.0. The lowest BCUT2D eigenvalue weighted by molar-refractivity contribution is -0.544. The first kappa shape index (κ1) is 17.8. The molecule has 0 aromatic rings. The molecule has 0 saturated heterocycles. The summed E-state index contributed by atoms with van der Waals surface area (Å²) in [7, 11) is 0. The smallest absolute Gasteiger partial charge is 0.0140 e. The summed E-state index contributed by atoms with van der Waals surface area (Å²) in [6.45, 7) is 33.7. The van der Waals surface area contributed by atoms with Gasteiger partial charge in [0, 0.05) is 0 Å². The van der Waals surface area contributed by atoms with Crippen molar-refractivity contribution in [2.24, 2.45) is 55.7 Å². The van der Waals surface area contributed by atoms with Gasteiger partial charge in [-0.3, -0.25) is 0 Å². The van der Waals surface area contributed by atoms with E-state index in [1.807, 2.05) is 0 Å². The highest BCUT2D eigenvalue weighted by Gasteiger charge is 2.98. The maximum atomic E-state index is 2.67. The molecule has 0 bridgehead atoms. The lowest BCUT2D eigenvalue weighted by Gasteiger charge is -3.01. The first-order valence-electron chi connectivity index (χ1n) is 9.98. The topological polar surface area (TPSA) is 0 Å². The second-order valence-corrected chi connectivity index (χ2v) is 12.0. The van der Waals surface area contributed by atoms with Crippen LogP contribution in [0.1, 0.15) is 90.0 Å². The number of hydrogen-bond donors (Lipinski definition) is 0. The summed E-state index contributed by atoms with van der Waals surface area (Å²) in [5, 5.41) is 0. The van der Waals surface area contributed by atoms with Gasteiger partial charge in [-0.05, 0) is 55.7 Å². The minimum atomic E-state index is 0.371. The fraction of sp³-hybridized carbons (Fsp3) is 1.00. The minimum absolute atomic E-state index is 0.371. The molecule has 0 heterocycles. The zero-order valence-electron chi connectivity index (χ0n) is 18.2. The molecule has 3 fully saturated rings. The van der Waals surface area contributed by atoms with Crippen LogP contribution in [-0.4, -0.2) is 0 Å². The van der Waals surface area contributed by atoms with Crippen LogP contribution < -0.4 is 0 Å². The van der Waals surface area contributed by atoms with E-state index >= 15 is 0 Å². The van der Waals surface area contributed by atoms with Gasteiger partial charge in [-0.1, -0.05) is 90.0 Å². The van der Waals surface area contributed by atoms with Crippen molar-refractivity contribution in [1.29, 1.82) is 0 Å². The van der Waals surface area contributed by atoms with E-state index in [0.29, 0.717) is 37.9 Å². The summed E-state index contributed by atoms with van der Waals surface area (Å²) in [5.74, 6) is 2.35. The lowest BCUT2D eigenvalue weighted by atomic mass is 9.03. The van der Waals surface area contributed by atoms with E-state index in [1.165, 1.54) is 0 Å². The molecule has 0 N–H and O–H groups in total. The molecule has 0 heteroatoms. The van der Waals surface area contributed by atoms with Crippen LogP contribution in [0.4, 0.5) is 0 Å². The summed E-state index contributed by atoms with van der Waals surface area (Å²) in [6.07, 6.45) is 0. The van der Waals surface area contributed by atoms with Crippen molar-refractivity contribution in [3.63, 3.8) is 0 Å². The third-order valence-electron chi connectivity index (χ3n) is 13.1. The average Bonchev–Trinajstić information content (AvgIpc) is 2.46. The minimum Gasteiger partial charge on any atom is -0.0620 e. The fourth-order valence-electron chi connectivity index (χ4n) is 9.98. The molecule has 0 aromatic heterocycles. The third kappa shape index (κ3) is 1.04. The lowest BCUT2D eigenvalue weighted by Crippen LogP contribution is -2.97. The highest BCUT2D eigenvalue weighted by molar-refractivity contribution is 5.44. The van der Waals surface area contributed by atoms with Gasteiger partial charge in [0.05, 0.1) is 0 Å². The van der Waals surface area contributed by atoms with E-state index in [2.05, 4.69) is 90.0 Å². The van der Waals surface area contributed by atoms with E-state index in [9.17, 15) is 0 Å². The van der Waals surface area contributed by atoms with Crippen LogP contribution in [0.2, 0.25) is 0 Å². The van der Waals surface area contributed by atoms with Gasteiger partial charge in [-0.2, -0.15) is 0 Å². The van der Waals surface area contributed by atoms with E-state index in [4.69, 9.17) is 0 Å². The van der Waals surface area contributed by atoms with E-state index < -0.39 is 0 Å². The molecule has 0 radical (unpaired) electrons. The third-order valence-corrected chi connectivity index (χ3v) is 13.1. The van der Waals surface area contributed by atoms with Gasteiger partial charge in [-0.25, -0.2) is 0 Å². The van der Waals surface area contributed by atoms with Gasteiger partial charge in [0.2, 0.25) is 0 Å². The van der Waals surface area contributed by atoms with Crippen molar-refractivity contribution in [3.05, 3.63) is 0 Å². The van der Waals surface area contributed by atoms with E-state index in [-0.39, 0.29) is 0 Å². The molecule has 7 unspecified atom stereocenters. The van der Waals surface area contributed by atoms with E-state index in [0.717, 1.165) is 17.8 Å². The maximum Gasteiger partial charge on any atom is -0.0140 e. The Hall–Kier alpha value is 0. The molecule has 0 nitrogen and oxygen atoms in total. The molecule has 23 heavy (non-hydrogen) atoms. The molecule has 0 aliphatic heterocycles. The number of fused-ring (bicyclic) bond motifs is 4. The Morgan fingerprint density at radius 2 is 0.870 bits per heavy atom. The fourth-order valence-corrected chi connectivity index (χ4v) is 9.98. The Bertz CT molecular complexity index is 567. The van der Waals surface area contributed by atoms with Crippen LogP contribution in [0, 0.1) is 55.7 Å². The molecule has 0 spiro atoms. The van der Waals surface area contributed by atoms with Crippen molar-refractivity contribution in [1.82, 2.24) is 0 Å². The van der Waals surface area contributed by atoms with Crippen molar-refractivity contribution in [3.8, 4) is 0 Å². The Morgan fingerprint density at radius 1 is 0.478 bits per heavy atom. The summed E-state index contributed by atoms with van der Waals surface area (Å²) < 4.78 is 0. The van der Waals surface area contributed by atoms with Crippen molar-refractivity contribution in [2.75, 3.05) is 0 Å². The average molecular weight is 319 g/mol. The predicted octanol–water partition coefficient (Wildman–Crippen LogP) is 7.04. The van der Waals surface area contributed by atoms with Crippen molar-refractivity contribution < 1.29 is 0 Å². The van der Waals surface area contributed by atoms with Crippen LogP contribution in [0.3, 0.4) is 0 Å². The first-order chi connectivity index (χ1) is 9.98. The van der Waals surface area contributed by atoms with Gasteiger partial charge in [0.15, 0.2) is 0 Å². The normalized spacial score (nSPS) is 61.7. The summed E-state index contributed by atoms with van der Waals surface area (Å²) in [6, 6.07) is 0. The SMILES string of the molecule is CC1C(C)C(C)(C)C2(C)C(C)(C1C)C1(C)C(C)(C)C(C)(C)C21C. The van der Waals surface area contributed by atoms with Crippen LogP contribution in [0.25, 0.3) is 0 Å². The molecular weight excluding hydrogens is 276 g/mol. The largest absolute Gasteiger partial charge is 0.0620 e. The van der Waals surface area contributed by atoms with Crippen LogP contribution in [0.5, 0.6) is 0 Å². The summed E-state index contributed by atoms with van der Waals surface area (Å²) in [4.78, 5) is 0. The zero-order chi connectivity index (χ0) is 18.2. The number of rotatable bonds is 0. The first-order valence-corrected chi connectivity index (χ1v) is 9.98. The second kappa shape index (κ2) is 3.73. The summed E-state index contributed by atoms with van der Waals surface area (Å²) in [5.41, 5.74) is 2.73. The Morgan fingerprint density at radius 3 is 1.30 bits per heavy atom. The quantitative estimate of drug-likeness (QED) is 0.449. The van der Waals surface area contributed by atoms with Gasteiger partial charge >= 0.3 is 0 Å². The van der Waals surface area contributed by atoms with Gasteiger partial charge in [0.25, 0.3) is 0 Å². The van der Waals surface area contributed by atoms with Gasteiger partial charge < -0.3 is 0 Å². The van der Waals surface area contributed by atoms with Crippen LogP contribution in [0.15, 0.2) is 0 Å². The van der Waals surface area contributed by atoms with Crippen LogP contribution >= 0.6 is 0 Å². The van der Waals surface area contributed by atoms with Crippen molar-refractivity contribution in [2.45, 2.75) is 90.0 Å². The molecule has 3 saturated carbocycles. The monoisotopic (exact) mass is 318 g/mol. The molecule has 134 valence electrons. The Kier molecular flexibility index (Phi) is 2.89. The van der Waals surface area contributed by atoms with Gasteiger partial charge in [-0.15, -0.1) is 0 Å². The molecule has 0 aromatic carbocycles. The Labute approximate surface area is 146 Å².